The number of carbonyl (C=O) groups excluding carboxylic acids is 2. The van der Waals surface area contributed by atoms with E-state index in [-0.39, 0.29) is 10.5 Å². The van der Waals surface area contributed by atoms with Crippen LogP contribution in [0.15, 0.2) is 29.2 Å². The van der Waals surface area contributed by atoms with Gasteiger partial charge in [-0.3, -0.25) is 9.59 Å². The molecule has 23 heavy (non-hydrogen) atoms. The molecule has 1 aliphatic rings. The molecule has 0 aromatic heterocycles. The van der Waals surface area contributed by atoms with Gasteiger partial charge in [-0.15, -0.1) is 0 Å². The van der Waals surface area contributed by atoms with Crippen molar-refractivity contribution in [2.45, 2.75) is 18.7 Å². The van der Waals surface area contributed by atoms with E-state index in [1.807, 2.05) is 13.8 Å². The molecular weight excluding hydrogens is 318 g/mol. The number of benzene rings is 1. The van der Waals surface area contributed by atoms with Gasteiger partial charge >= 0.3 is 0 Å². The van der Waals surface area contributed by atoms with Crippen LogP contribution in [-0.2, 0) is 14.8 Å². The number of carbonyl (C=O) groups is 2. The van der Waals surface area contributed by atoms with Gasteiger partial charge in [0.15, 0.2) is 0 Å². The van der Waals surface area contributed by atoms with Crippen molar-refractivity contribution in [2.24, 2.45) is 0 Å². The highest BCUT2D eigenvalue weighted by Gasteiger charge is 2.41. The average molecular weight is 339 g/mol. The first-order valence-corrected chi connectivity index (χ1v) is 9.01. The topological polar surface area (TPSA) is 86.8 Å². The Hall–Kier alpha value is -1.93. The molecule has 1 N–H and O–H groups in total. The fourth-order valence-electron chi connectivity index (χ4n) is 2.47. The number of nitrogens with one attached hydrogen (secondary N) is 1. The molecule has 0 radical (unpaired) electrons. The predicted octanol–water partition coefficient (Wildman–Crippen LogP) is 0.289. The minimum Gasteiger partial charge on any atom is -0.353 e. The Morgan fingerprint density at radius 2 is 1.87 bits per heavy atom. The zero-order valence-corrected chi connectivity index (χ0v) is 14.1. The molecule has 1 aromatic carbocycles. The Morgan fingerprint density at radius 3 is 2.48 bits per heavy atom. The molecule has 2 rings (SSSR count). The minimum atomic E-state index is -3.93. The van der Waals surface area contributed by atoms with Crippen LogP contribution in [0.5, 0.6) is 0 Å². The summed E-state index contributed by atoms with van der Waals surface area (Å²) in [5.74, 6) is -1.14. The van der Waals surface area contributed by atoms with Crippen molar-refractivity contribution in [3.05, 3.63) is 29.8 Å². The molecule has 0 bridgehead atoms. The Balaban J connectivity index is 1.99. The van der Waals surface area contributed by atoms with Crippen LogP contribution in [0.4, 0.5) is 0 Å². The summed E-state index contributed by atoms with van der Waals surface area (Å²) in [7, 11) is -3.93. The lowest BCUT2D eigenvalue weighted by Crippen LogP contribution is -2.42. The van der Waals surface area contributed by atoms with Gasteiger partial charge in [0.05, 0.1) is 5.56 Å². The zero-order chi connectivity index (χ0) is 17.0. The number of fused-ring (bicyclic) bond motifs is 1. The predicted molar refractivity (Wildman–Crippen MR) is 85.5 cm³/mol. The number of amides is 2. The third-order valence-corrected chi connectivity index (χ3v) is 5.63. The maximum absolute atomic E-state index is 12.3. The van der Waals surface area contributed by atoms with E-state index in [2.05, 4.69) is 10.2 Å². The van der Waals surface area contributed by atoms with Crippen molar-refractivity contribution in [3.63, 3.8) is 0 Å². The van der Waals surface area contributed by atoms with Gasteiger partial charge in [0.2, 0.25) is 5.91 Å². The largest absolute Gasteiger partial charge is 0.353 e. The van der Waals surface area contributed by atoms with Crippen molar-refractivity contribution in [1.82, 2.24) is 14.5 Å². The van der Waals surface area contributed by atoms with Crippen molar-refractivity contribution in [1.29, 1.82) is 0 Å². The third kappa shape index (κ3) is 3.53. The normalized spacial score (nSPS) is 15.8. The van der Waals surface area contributed by atoms with Gasteiger partial charge in [-0.05, 0) is 25.2 Å². The van der Waals surface area contributed by atoms with E-state index in [0.29, 0.717) is 17.4 Å². The van der Waals surface area contributed by atoms with Crippen LogP contribution >= 0.6 is 0 Å². The van der Waals surface area contributed by atoms with Crippen molar-refractivity contribution < 1.29 is 18.0 Å². The molecule has 1 heterocycles. The molecule has 7 nitrogen and oxygen atoms in total. The SMILES string of the molecule is CCN(CC)CCNC(=O)CN1C(=O)c2ccccc2S1(=O)=O. The van der Waals surface area contributed by atoms with E-state index < -0.39 is 28.4 Å². The lowest BCUT2D eigenvalue weighted by atomic mass is 10.2. The maximum Gasteiger partial charge on any atom is 0.269 e. The monoisotopic (exact) mass is 339 g/mol. The molecule has 8 heteroatoms. The Labute approximate surface area is 136 Å². The van der Waals surface area contributed by atoms with E-state index >= 15 is 0 Å². The Morgan fingerprint density at radius 1 is 1.22 bits per heavy atom. The van der Waals surface area contributed by atoms with Gasteiger partial charge in [0.1, 0.15) is 11.4 Å². The second-order valence-electron chi connectivity index (χ2n) is 5.19. The second kappa shape index (κ2) is 7.10. The fourth-order valence-corrected chi connectivity index (χ4v) is 3.99. The summed E-state index contributed by atoms with van der Waals surface area (Å²) in [6, 6.07) is 5.98. The van der Waals surface area contributed by atoms with Crippen LogP contribution in [-0.4, -0.2) is 62.2 Å². The first-order valence-electron chi connectivity index (χ1n) is 7.57. The average Bonchev–Trinajstić information content (AvgIpc) is 2.73. The number of nitrogens with zero attached hydrogens (tertiary/aromatic N) is 2. The van der Waals surface area contributed by atoms with Crippen LogP contribution in [0.1, 0.15) is 24.2 Å². The van der Waals surface area contributed by atoms with E-state index in [0.717, 1.165) is 13.1 Å². The van der Waals surface area contributed by atoms with Crippen molar-refractivity contribution >= 4 is 21.8 Å². The number of hydrogen-bond donors (Lipinski definition) is 1. The van der Waals surface area contributed by atoms with E-state index in [9.17, 15) is 18.0 Å². The molecule has 0 fully saturated rings. The van der Waals surface area contributed by atoms with Gasteiger partial charge in [-0.1, -0.05) is 26.0 Å². The molecule has 0 aliphatic carbocycles. The number of likely N-dealkylation sites (N-methyl/N-ethyl adjacent to an activating group) is 1. The molecule has 0 unspecified atom stereocenters. The van der Waals surface area contributed by atoms with Gasteiger partial charge < -0.3 is 10.2 Å². The van der Waals surface area contributed by atoms with Crippen LogP contribution in [0.25, 0.3) is 0 Å². The molecule has 1 aliphatic heterocycles. The van der Waals surface area contributed by atoms with Crippen LogP contribution in [0, 0.1) is 0 Å². The van der Waals surface area contributed by atoms with Crippen molar-refractivity contribution in [2.75, 3.05) is 32.7 Å². The summed E-state index contributed by atoms with van der Waals surface area (Å²) in [5, 5.41) is 2.65. The lowest BCUT2D eigenvalue weighted by Gasteiger charge is -2.19. The van der Waals surface area contributed by atoms with Crippen molar-refractivity contribution in [3.8, 4) is 0 Å². The third-order valence-electron chi connectivity index (χ3n) is 3.84. The second-order valence-corrected chi connectivity index (χ2v) is 7.02. The number of rotatable bonds is 7. The highest BCUT2D eigenvalue weighted by atomic mass is 32.2. The smallest absolute Gasteiger partial charge is 0.269 e. The molecule has 2 amide bonds. The van der Waals surface area contributed by atoms with Gasteiger partial charge in [0, 0.05) is 13.1 Å². The summed E-state index contributed by atoms with van der Waals surface area (Å²) in [5.41, 5.74) is 0.114. The number of sulfonamides is 1. The zero-order valence-electron chi connectivity index (χ0n) is 13.3. The summed E-state index contributed by atoms with van der Waals surface area (Å²) < 4.78 is 25.3. The standard InChI is InChI=1S/C15H21N3O4S/c1-3-17(4-2)10-9-16-14(19)11-18-15(20)12-7-5-6-8-13(12)23(18,21)22/h5-8H,3-4,9-11H2,1-2H3,(H,16,19). The summed E-state index contributed by atoms with van der Waals surface area (Å²) in [6.07, 6.45) is 0. The van der Waals surface area contributed by atoms with Crippen LogP contribution in [0.2, 0.25) is 0 Å². The van der Waals surface area contributed by atoms with E-state index in [1.54, 1.807) is 12.1 Å². The fraction of sp³-hybridized carbons (Fsp3) is 0.467. The summed E-state index contributed by atoms with van der Waals surface area (Å²) in [6.45, 7) is 6.40. The summed E-state index contributed by atoms with van der Waals surface area (Å²) >= 11 is 0. The van der Waals surface area contributed by atoms with E-state index in [1.165, 1.54) is 12.1 Å². The van der Waals surface area contributed by atoms with Crippen LogP contribution in [0.3, 0.4) is 0 Å². The summed E-state index contributed by atoms with van der Waals surface area (Å²) in [4.78, 5) is 26.2. The maximum atomic E-state index is 12.3. The highest BCUT2D eigenvalue weighted by Crippen LogP contribution is 2.29. The lowest BCUT2D eigenvalue weighted by molar-refractivity contribution is -0.121. The molecule has 0 spiro atoms. The Kier molecular flexibility index (Phi) is 5.38. The quantitative estimate of drug-likeness (QED) is 0.771. The van der Waals surface area contributed by atoms with E-state index in [4.69, 9.17) is 0 Å². The molecule has 0 atom stereocenters. The molecule has 0 saturated heterocycles. The molecule has 0 saturated carbocycles. The van der Waals surface area contributed by atoms with Crippen LogP contribution < -0.4 is 5.32 Å². The Bertz CT molecular complexity index is 698. The van der Waals surface area contributed by atoms with Gasteiger partial charge in [-0.25, -0.2) is 12.7 Å². The minimum absolute atomic E-state index is 0.0408. The highest BCUT2D eigenvalue weighted by molar-refractivity contribution is 7.90. The molecule has 1 aromatic rings. The van der Waals surface area contributed by atoms with Gasteiger partial charge in [0.25, 0.3) is 15.9 Å². The first kappa shape index (κ1) is 17.4. The first-order chi connectivity index (χ1) is 10.9. The molecular formula is C15H21N3O4S. The van der Waals surface area contributed by atoms with Gasteiger partial charge in [-0.2, -0.15) is 0 Å². The number of hydrogen-bond acceptors (Lipinski definition) is 5. The molecule has 126 valence electrons.